The van der Waals surface area contributed by atoms with E-state index in [0.29, 0.717) is 11.4 Å². The Morgan fingerprint density at radius 2 is 1.82 bits per heavy atom. The number of hydrazone groups is 1. The van der Waals surface area contributed by atoms with Gasteiger partial charge in [0.1, 0.15) is 11.5 Å². The molecule has 2 N–H and O–H groups in total. The Labute approximate surface area is 195 Å². The van der Waals surface area contributed by atoms with Gasteiger partial charge in [0.15, 0.2) is 0 Å². The molecule has 0 unspecified atom stereocenters. The average Bonchev–Trinajstić information content (AvgIpc) is 3.10. The summed E-state index contributed by atoms with van der Waals surface area (Å²) < 4.78 is 7.26. The summed E-state index contributed by atoms with van der Waals surface area (Å²) in [7, 11) is 1.46. The highest BCUT2D eigenvalue weighted by molar-refractivity contribution is 6.01. The molecule has 0 saturated heterocycles. The zero-order valence-corrected chi connectivity index (χ0v) is 18.8. The van der Waals surface area contributed by atoms with Crippen molar-refractivity contribution in [2.24, 2.45) is 5.10 Å². The normalized spacial score (nSPS) is 11.1. The van der Waals surface area contributed by atoms with Crippen molar-refractivity contribution in [2.75, 3.05) is 7.11 Å². The van der Waals surface area contributed by atoms with Crippen LogP contribution in [0.25, 0.3) is 16.5 Å². The van der Waals surface area contributed by atoms with Crippen LogP contribution in [0.4, 0.5) is 5.69 Å². The minimum absolute atomic E-state index is 0.0653. The molecule has 0 radical (unpaired) electrons. The first-order valence-corrected chi connectivity index (χ1v) is 10.4. The molecule has 1 aromatic heterocycles. The summed E-state index contributed by atoms with van der Waals surface area (Å²) in [6.45, 7) is 3.75. The van der Waals surface area contributed by atoms with Crippen molar-refractivity contribution in [3.63, 3.8) is 0 Å². The topological polar surface area (TPSA) is 119 Å². The number of aromatic hydroxyl groups is 1. The van der Waals surface area contributed by atoms with E-state index in [0.717, 1.165) is 27.7 Å². The van der Waals surface area contributed by atoms with Crippen LogP contribution in [0.1, 0.15) is 27.3 Å². The smallest absolute Gasteiger partial charge is 0.275 e. The number of nitro groups is 1. The number of amides is 1. The Balaban J connectivity index is 1.59. The van der Waals surface area contributed by atoms with Crippen LogP contribution in [0.15, 0.2) is 65.8 Å². The minimum atomic E-state index is -0.537. The van der Waals surface area contributed by atoms with Crippen molar-refractivity contribution in [2.45, 2.75) is 13.8 Å². The van der Waals surface area contributed by atoms with Crippen LogP contribution >= 0.6 is 0 Å². The van der Waals surface area contributed by atoms with Crippen molar-refractivity contribution < 1.29 is 19.6 Å². The average molecular weight is 458 g/mol. The number of hydrogen-bond donors (Lipinski definition) is 2. The standard InChI is InChI=1S/C25H22N4O5/c1-15-10-19(16(2)28(15)22-9-8-20(29(32)33)13-24(22)34-3)14-26-27-25(31)21-11-17-6-4-5-7-18(17)12-23(21)30/h4-14,30H,1-3H3,(H,27,31). The summed E-state index contributed by atoms with van der Waals surface area (Å²) in [5.41, 5.74) is 5.55. The Bertz CT molecular complexity index is 1460. The number of fused-ring (bicyclic) bond motifs is 1. The molecule has 0 fully saturated rings. The van der Waals surface area contributed by atoms with Crippen LogP contribution < -0.4 is 10.2 Å². The van der Waals surface area contributed by atoms with Gasteiger partial charge in [-0.1, -0.05) is 24.3 Å². The Hall–Kier alpha value is -4.66. The molecule has 0 bridgehead atoms. The van der Waals surface area contributed by atoms with E-state index >= 15 is 0 Å². The van der Waals surface area contributed by atoms with E-state index in [9.17, 15) is 20.0 Å². The van der Waals surface area contributed by atoms with Crippen molar-refractivity contribution in [1.82, 2.24) is 9.99 Å². The minimum Gasteiger partial charge on any atom is -0.507 e. The quantitative estimate of drug-likeness (QED) is 0.248. The van der Waals surface area contributed by atoms with E-state index in [1.54, 1.807) is 18.2 Å². The maximum Gasteiger partial charge on any atom is 0.275 e. The lowest BCUT2D eigenvalue weighted by molar-refractivity contribution is -0.384. The second-order valence-electron chi connectivity index (χ2n) is 7.69. The number of aryl methyl sites for hydroxylation is 1. The summed E-state index contributed by atoms with van der Waals surface area (Å²) in [4.78, 5) is 23.2. The zero-order chi connectivity index (χ0) is 24.4. The molecule has 0 saturated carbocycles. The fraction of sp³-hybridized carbons (Fsp3) is 0.120. The number of carbonyl (C=O) groups is 1. The number of ether oxygens (including phenoxy) is 1. The Kier molecular flexibility index (Phi) is 6.01. The number of methoxy groups -OCH3 is 1. The third-order valence-electron chi connectivity index (χ3n) is 5.56. The lowest BCUT2D eigenvalue weighted by Gasteiger charge is -2.13. The van der Waals surface area contributed by atoms with E-state index in [1.807, 2.05) is 48.7 Å². The number of aromatic nitrogens is 1. The largest absolute Gasteiger partial charge is 0.507 e. The first-order valence-electron chi connectivity index (χ1n) is 10.4. The van der Waals surface area contributed by atoms with E-state index < -0.39 is 10.8 Å². The van der Waals surface area contributed by atoms with Crippen LogP contribution in [-0.4, -0.2) is 33.8 Å². The summed E-state index contributed by atoms with van der Waals surface area (Å²) in [5, 5.41) is 27.0. The highest BCUT2D eigenvalue weighted by Gasteiger charge is 2.17. The molecule has 1 heterocycles. The molecule has 9 heteroatoms. The summed E-state index contributed by atoms with van der Waals surface area (Å²) in [6.07, 6.45) is 1.51. The predicted molar refractivity (Wildman–Crippen MR) is 129 cm³/mol. The number of hydrogen-bond acceptors (Lipinski definition) is 6. The number of phenols is 1. The second kappa shape index (κ2) is 9.07. The molecular formula is C25H22N4O5. The first kappa shape index (κ1) is 22.5. The van der Waals surface area contributed by atoms with E-state index in [4.69, 9.17) is 4.74 Å². The van der Waals surface area contributed by atoms with E-state index in [2.05, 4.69) is 10.5 Å². The third-order valence-corrected chi connectivity index (χ3v) is 5.56. The highest BCUT2D eigenvalue weighted by Crippen LogP contribution is 2.31. The number of phenolic OH excluding ortho intramolecular Hbond substituents is 1. The van der Waals surface area contributed by atoms with Crippen LogP contribution in [0.2, 0.25) is 0 Å². The van der Waals surface area contributed by atoms with Gasteiger partial charge in [0, 0.05) is 23.0 Å². The van der Waals surface area contributed by atoms with Crippen LogP contribution in [-0.2, 0) is 0 Å². The van der Waals surface area contributed by atoms with E-state index in [1.165, 1.54) is 25.5 Å². The fourth-order valence-corrected chi connectivity index (χ4v) is 3.88. The van der Waals surface area contributed by atoms with Gasteiger partial charge >= 0.3 is 0 Å². The molecular weight excluding hydrogens is 436 g/mol. The van der Waals surface area contributed by atoms with Crippen molar-refractivity contribution in [3.8, 4) is 17.2 Å². The number of nitro benzene ring substituents is 1. The van der Waals surface area contributed by atoms with Gasteiger partial charge in [0.25, 0.3) is 11.6 Å². The van der Waals surface area contributed by atoms with Crippen molar-refractivity contribution in [1.29, 1.82) is 0 Å². The molecule has 4 aromatic rings. The lowest BCUT2D eigenvalue weighted by Crippen LogP contribution is -2.17. The van der Waals surface area contributed by atoms with Crippen LogP contribution in [0.3, 0.4) is 0 Å². The van der Waals surface area contributed by atoms with Gasteiger partial charge in [-0.15, -0.1) is 0 Å². The molecule has 3 aromatic carbocycles. The van der Waals surface area contributed by atoms with Crippen molar-refractivity contribution in [3.05, 3.63) is 93.3 Å². The summed E-state index contributed by atoms with van der Waals surface area (Å²) >= 11 is 0. The number of nitrogens with one attached hydrogen (secondary N) is 1. The molecule has 0 aliphatic carbocycles. The number of benzene rings is 3. The molecule has 9 nitrogen and oxygen atoms in total. The monoisotopic (exact) mass is 458 g/mol. The molecule has 0 aliphatic rings. The molecule has 0 spiro atoms. The van der Waals surface area contributed by atoms with Gasteiger partial charge in [-0.25, -0.2) is 5.43 Å². The molecule has 1 amide bonds. The highest BCUT2D eigenvalue weighted by atomic mass is 16.6. The van der Waals surface area contributed by atoms with Gasteiger partial charge in [0.2, 0.25) is 0 Å². The second-order valence-corrected chi connectivity index (χ2v) is 7.69. The van der Waals surface area contributed by atoms with Crippen LogP contribution in [0.5, 0.6) is 11.5 Å². The number of non-ortho nitro benzene ring substituents is 1. The first-order chi connectivity index (χ1) is 16.3. The molecule has 172 valence electrons. The predicted octanol–water partition coefficient (Wildman–Crippen LogP) is 4.63. The molecule has 4 rings (SSSR count). The molecule has 0 aliphatic heterocycles. The van der Waals surface area contributed by atoms with Gasteiger partial charge in [-0.3, -0.25) is 14.9 Å². The SMILES string of the molecule is COc1cc([N+](=O)[O-])ccc1-n1c(C)cc(C=NNC(=O)c2cc3ccccc3cc2O)c1C. The van der Waals surface area contributed by atoms with Gasteiger partial charge in [-0.2, -0.15) is 5.10 Å². The maximum atomic E-state index is 12.6. The van der Waals surface area contributed by atoms with Crippen molar-refractivity contribution >= 4 is 28.6 Å². The molecule has 0 atom stereocenters. The lowest BCUT2D eigenvalue weighted by atomic mass is 10.1. The number of nitrogens with zero attached hydrogens (tertiary/aromatic N) is 3. The Morgan fingerprint density at radius 1 is 1.12 bits per heavy atom. The summed E-state index contributed by atoms with van der Waals surface area (Å²) in [5.74, 6) is -0.306. The summed E-state index contributed by atoms with van der Waals surface area (Å²) in [6, 6.07) is 16.9. The van der Waals surface area contributed by atoms with Gasteiger partial charge < -0.3 is 14.4 Å². The Morgan fingerprint density at radius 3 is 2.50 bits per heavy atom. The number of carbonyl (C=O) groups excluding carboxylic acids is 1. The van der Waals surface area contributed by atoms with Gasteiger partial charge in [0.05, 0.1) is 35.6 Å². The maximum absolute atomic E-state index is 12.6. The van der Waals surface area contributed by atoms with Gasteiger partial charge in [-0.05, 0) is 48.9 Å². The van der Waals surface area contributed by atoms with Crippen LogP contribution in [0, 0.1) is 24.0 Å². The molecule has 34 heavy (non-hydrogen) atoms. The van der Waals surface area contributed by atoms with E-state index in [-0.39, 0.29) is 17.0 Å². The zero-order valence-electron chi connectivity index (χ0n) is 18.8. The number of rotatable bonds is 6. The fourth-order valence-electron chi connectivity index (χ4n) is 3.88. The third kappa shape index (κ3) is 4.18.